The number of para-hydroxylation sites is 2. The van der Waals surface area contributed by atoms with Gasteiger partial charge in [-0.1, -0.05) is 54.1 Å². The fourth-order valence-electron chi connectivity index (χ4n) is 4.28. The molecule has 0 aliphatic rings. The van der Waals surface area contributed by atoms with Crippen molar-refractivity contribution in [2.75, 3.05) is 16.9 Å². The molecule has 2 aromatic heterocycles. The summed E-state index contributed by atoms with van der Waals surface area (Å²) in [5, 5.41) is 9.97. The quantitative estimate of drug-likeness (QED) is 0.202. The molecule has 5 aromatic rings. The van der Waals surface area contributed by atoms with Gasteiger partial charge in [0, 0.05) is 29.7 Å². The topological polar surface area (TPSA) is 131 Å². The number of carbonyl (C=O) groups is 1. The Balaban J connectivity index is 1.23. The van der Waals surface area contributed by atoms with Crippen LogP contribution in [0.4, 0.5) is 17.6 Å². The van der Waals surface area contributed by atoms with Crippen LogP contribution in [0.3, 0.4) is 0 Å². The number of nitrogens with one attached hydrogen (secondary N) is 3. The highest BCUT2D eigenvalue weighted by atomic mass is 35.5. The van der Waals surface area contributed by atoms with Gasteiger partial charge in [-0.05, 0) is 47.5 Å². The number of rotatable bonds is 11. The molecule has 12 heteroatoms. The van der Waals surface area contributed by atoms with Crippen molar-refractivity contribution in [3.8, 4) is 0 Å². The summed E-state index contributed by atoms with van der Waals surface area (Å²) in [7, 11) is -3.10. The number of hydrogen-bond acceptors (Lipinski definition) is 8. The zero-order chi connectivity index (χ0) is 28.8. The van der Waals surface area contributed by atoms with Gasteiger partial charge in [0.1, 0.15) is 0 Å². The molecule has 3 aromatic carbocycles. The van der Waals surface area contributed by atoms with Gasteiger partial charge >= 0.3 is 0 Å². The summed E-state index contributed by atoms with van der Waals surface area (Å²) < 4.78 is 24.9. The Morgan fingerprint density at radius 1 is 0.951 bits per heavy atom. The number of benzene rings is 3. The minimum Gasteiger partial charge on any atom is -0.324 e. The van der Waals surface area contributed by atoms with E-state index in [1.165, 1.54) is 6.26 Å². The van der Waals surface area contributed by atoms with Crippen LogP contribution in [0.1, 0.15) is 16.8 Å². The second-order valence-corrected chi connectivity index (χ2v) is 12.1. The van der Waals surface area contributed by atoms with E-state index >= 15 is 0 Å². The Morgan fingerprint density at radius 3 is 2.49 bits per heavy atom. The van der Waals surface area contributed by atoms with Crippen molar-refractivity contribution in [1.29, 1.82) is 0 Å². The summed E-state index contributed by atoms with van der Waals surface area (Å²) in [4.78, 5) is 26.3. The Hall–Kier alpha value is -4.32. The highest BCUT2D eigenvalue weighted by molar-refractivity contribution is 7.89. The first-order valence-corrected chi connectivity index (χ1v) is 15.2. The van der Waals surface area contributed by atoms with E-state index in [0.29, 0.717) is 35.7 Å². The molecule has 0 aliphatic heterocycles. The lowest BCUT2D eigenvalue weighted by molar-refractivity contribution is -0.115. The molecule has 0 fully saturated rings. The highest BCUT2D eigenvalue weighted by Gasteiger charge is 2.14. The minimum absolute atomic E-state index is 0.0100. The van der Waals surface area contributed by atoms with Crippen molar-refractivity contribution in [3.05, 3.63) is 107 Å². The Labute approximate surface area is 242 Å². The second-order valence-electron chi connectivity index (χ2n) is 9.52. The maximum Gasteiger partial charge on any atom is 0.231 e. The largest absolute Gasteiger partial charge is 0.324 e. The Morgan fingerprint density at radius 2 is 1.71 bits per heavy atom. The standard InChI is InChI=1S/C29H28ClN7O3S/c1-41(39,40)18-20-10-12-22(13-11-20)33-28-32-15-14-23(34-28)17-31-19-37-26-9-5-4-8-25(26)35-29(37)36-27(38)16-21-6-2-3-7-24(21)30/h2-15,31H,16-19H2,1H3,(H,32,33,34)(H,35,36,38). The molecule has 1 amide bonds. The zero-order valence-corrected chi connectivity index (χ0v) is 23.8. The predicted octanol–water partition coefficient (Wildman–Crippen LogP) is 4.70. The maximum atomic E-state index is 12.8. The molecule has 210 valence electrons. The number of anilines is 3. The lowest BCUT2D eigenvalue weighted by Gasteiger charge is -2.12. The average Bonchev–Trinajstić information content (AvgIpc) is 3.27. The molecular weight excluding hydrogens is 562 g/mol. The van der Waals surface area contributed by atoms with Gasteiger partial charge in [0.05, 0.1) is 35.6 Å². The first-order chi connectivity index (χ1) is 19.7. The third-order valence-electron chi connectivity index (χ3n) is 6.14. The number of carbonyl (C=O) groups excluding carboxylic acids is 1. The van der Waals surface area contributed by atoms with Crippen LogP contribution in [0.2, 0.25) is 5.02 Å². The van der Waals surface area contributed by atoms with Crippen LogP contribution < -0.4 is 16.0 Å². The molecule has 2 heterocycles. The van der Waals surface area contributed by atoms with E-state index in [9.17, 15) is 13.2 Å². The molecule has 3 N–H and O–H groups in total. The summed E-state index contributed by atoms with van der Waals surface area (Å²) in [6, 6.07) is 23.8. The molecule has 0 saturated heterocycles. The van der Waals surface area contributed by atoms with Crippen LogP contribution in [0.15, 0.2) is 85.1 Å². The molecule has 5 rings (SSSR count). The number of halogens is 1. The SMILES string of the molecule is CS(=O)(=O)Cc1ccc(Nc2nccc(CNCn3c(NC(=O)Cc4ccccc4Cl)nc4ccccc43)n2)cc1. The lowest BCUT2D eigenvalue weighted by Crippen LogP contribution is -2.23. The van der Waals surface area contributed by atoms with E-state index in [-0.39, 0.29) is 18.1 Å². The molecule has 0 aliphatic carbocycles. The predicted molar refractivity (Wildman–Crippen MR) is 161 cm³/mol. The molecule has 0 unspecified atom stereocenters. The van der Waals surface area contributed by atoms with Crippen molar-refractivity contribution in [2.24, 2.45) is 0 Å². The van der Waals surface area contributed by atoms with E-state index in [1.807, 2.05) is 53.1 Å². The number of imidazole rings is 1. The van der Waals surface area contributed by atoms with E-state index in [2.05, 4.69) is 30.9 Å². The molecule has 0 radical (unpaired) electrons. The third-order valence-corrected chi connectivity index (χ3v) is 7.37. The number of nitrogens with zero attached hydrogens (tertiary/aromatic N) is 4. The summed E-state index contributed by atoms with van der Waals surface area (Å²) >= 11 is 6.23. The maximum absolute atomic E-state index is 12.8. The lowest BCUT2D eigenvalue weighted by atomic mass is 10.1. The van der Waals surface area contributed by atoms with E-state index in [1.54, 1.807) is 36.5 Å². The monoisotopic (exact) mass is 589 g/mol. The van der Waals surface area contributed by atoms with Crippen LogP contribution in [0.25, 0.3) is 11.0 Å². The number of aromatic nitrogens is 4. The van der Waals surface area contributed by atoms with E-state index in [0.717, 1.165) is 28.0 Å². The van der Waals surface area contributed by atoms with Gasteiger partial charge in [-0.15, -0.1) is 0 Å². The minimum atomic E-state index is -3.10. The summed E-state index contributed by atoms with van der Waals surface area (Å²) in [6.07, 6.45) is 3.01. The van der Waals surface area contributed by atoms with Crippen LogP contribution in [-0.2, 0) is 40.0 Å². The van der Waals surface area contributed by atoms with Crippen molar-refractivity contribution >= 4 is 56.0 Å². The highest BCUT2D eigenvalue weighted by Crippen LogP contribution is 2.21. The smallest absolute Gasteiger partial charge is 0.231 e. The average molecular weight is 590 g/mol. The van der Waals surface area contributed by atoms with Crippen LogP contribution >= 0.6 is 11.6 Å². The molecular formula is C29H28ClN7O3S. The van der Waals surface area contributed by atoms with Gasteiger partial charge in [0.25, 0.3) is 0 Å². The van der Waals surface area contributed by atoms with Gasteiger partial charge in [0.2, 0.25) is 17.8 Å². The molecule has 0 atom stereocenters. The fourth-order valence-corrected chi connectivity index (χ4v) is 5.28. The first kappa shape index (κ1) is 28.2. The first-order valence-electron chi connectivity index (χ1n) is 12.8. The number of hydrogen-bond donors (Lipinski definition) is 3. The summed E-state index contributed by atoms with van der Waals surface area (Å²) in [5.41, 5.74) is 4.59. The molecule has 10 nitrogen and oxygen atoms in total. The van der Waals surface area contributed by atoms with Crippen molar-refractivity contribution < 1.29 is 13.2 Å². The summed E-state index contributed by atoms with van der Waals surface area (Å²) in [6.45, 7) is 0.806. The Kier molecular flexibility index (Phi) is 8.58. The van der Waals surface area contributed by atoms with Gasteiger partial charge in [0.15, 0.2) is 9.84 Å². The number of fused-ring (bicyclic) bond motifs is 1. The van der Waals surface area contributed by atoms with E-state index in [4.69, 9.17) is 11.6 Å². The molecule has 41 heavy (non-hydrogen) atoms. The zero-order valence-electron chi connectivity index (χ0n) is 22.2. The van der Waals surface area contributed by atoms with Crippen molar-refractivity contribution in [1.82, 2.24) is 24.8 Å². The van der Waals surface area contributed by atoms with Gasteiger partial charge in [-0.3, -0.25) is 20.0 Å². The van der Waals surface area contributed by atoms with Crippen LogP contribution in [0.5, 0.6) is 0 Å². The van der Waals surface area contributed by atoms with Crippen molar-refractivity contribution in [3.63, 3.8) is 0 Å². The Bertz CT molecular complexity index is 1790. The summed E-state index contributed by atoms with van der Waals surface area (Å²) in [5.74, 6) is 0.621. The van der Waals surface area contributed by atoms with Crippen LogP contribution in [-0.4, -0.2) is 40.1 Å². The third kappa shape index (κ3) is 7.66. The van der Waals surface area contributed by atoms with Crippen LogP contribution in [0, 0.1) is 0 Å². The number of sulfone groups is 1. The second kappa shape index (κ2) is 12.5. The molecule has 0 spiro atoms. The van der Waals surface area contributed by atoms with E-state index < -0.39 is 9.84 Å². The molecule has 0 saturated carbocycles. The van der Waals surface area contributed by atoms with Gasteiger partial charge < -0.3 is 5.32 Å². The van der Waals surface area contributed by atoms with Crippen molar-refractivity contribution in [2.45, 2.75) is 25.4 Å². The molecule has 0 bridgehead atoms. The van der Waals surface area contributed by atoms with Gasteiger partial charge in [-0.2, -0.15) is 0 Å². The number of amides is 1. The normalized spacial score (nSPS) is 11.5. The fraction of sp³-hybridized carbons (Fsp3) is 0.172. The van der Waals surface area contributed by atoms with Gasteiger partial charge in [-0.25, -0.2) is 23.4 Å².